The quantitative estimate of drug-likeness (QED) is 0.490. The van der Waals surface area contributed by atoms with Gasteiger partial charge in [-0.2, -0.15) is 0 Å². The van der Waals surface area contributed by atoms with Crippen molar-refractivity contribution in [1.29, 1.82) is 0 Å². The summed E-state index contributed by atoms with van der Waals surface area (Å²) in [6, 6.07) is 7.07. The van der Waals surface area contributed by atoms with Crippen molar-refractivity contribution in [3.8, 4) is 0 Å². The van der Waals surface area contributed by atoms with Crippen molar-refractivity contribution in [2.24, 2.45) is 0 Å². The van der Waals surface area contributed by atoms with E-state index in [1.807, 2.05) is 25.4 Å². The molecule has 0 fully saturated rings. The van der Waals surface area contributed by atoms with Gasteiger partial charge in [0.2, 0.25) is 0 Å². The van der Waals surface area contributed by atoms with Crippen molar-refractivity contribution in [2.75, 3.05) is 19.3 Å². The van der Waals surface area contributed by atoms with Crippen LogP contribution >= 0.6 is 30.7 Å². The minimum absolute atomic E-state index is 0.403. The Morgan fingerprint density at radius 3 is 2.20 bits per heavy atom. The first kappa shape index (κ1) is 17.6. The lowest BCUT2D eigenvalue weighted by atomic mass is 10.2. The van der Waals surface area contributed by atoms with Crippen LogP contribution in [0.1, 0.15) is 26.3 Å². The number of nitrogens with zero attached hydrogens (tertiary/aromatic N) is 1. The Hall–Kier alpha value is -0.470. The van der Waals surface area contributed by atoms with E-state index in [-0.39, 0.29) is 0 Å². The molecule has 0 bridgehead atoms. The molecule has 1 atom stereocenters. The average Bonchev–Trinajstić information content (AvgIpc) is 2.47. The minimum atomic E-state index is -2.91. The van der Waals surface area contributed by atoms with Crippen LogP contribution in [0, 0.1) is 0 Å². The van der Waals surface area contributed by atoms with Crippen molar-refractivity contribution in [3.05, 3.63) is 40.4 Å². The lowest BCUT2D eigenvalue weighted by Gasteiger charge is -2.29. The maximum absolute atomic E-state index is 12.9. The largest absolute Gasteiger partial charge is 0.431 e. The highest BCUT2D eigenvalue weighted by atomic mass is 35.5. The Balaban J connectivity index is 3.03. The molecule has 1 aromatic rings. The van der Waals surface area contributed by atoms with Crippen molar-refractivity contribution in [1.82, 2.24) is 4.67 Å². The molecule has 112 valence electrons. The van der Waals surface area contributed by atoms with Crippen molar-refractivity contribution < 1.29 is 9.09 Å². The van der Waals surface area contributed by atoms with Gasteiger partial charge in [-0.15, -0.1) is 0 Å². The molecule has 0 aromatic heterocycles. The molecule has 0 saturated carbocycles. The van der Waals surface area contributed by atoms with E-state index >= 15 is 0 Å². The molecule has 0 aliphatic heterocycles. The molecule has 3 nitrogen and oxygen atoms in total. The van der Waals surface area contributed by atoms with Gasteiger partial charge >= 0.3 is 7.52 Å². The van der Waals surface area contributed by atoms with E-state index in [0.29, 0.717) is 30.0 Å². The standard InChI is InChI=1S/C14H20Cl2NO2P/c1-4-17(5-2)20(18,6-3)19-14(11-15)12-7-9-13(16)10-8-12/h7-11H,4-6H2,1-3H3. The van der Waals surface area contributed by atoms with Crippen LogP contribution in [0.3, 0.4) is 0 Å². The van der Waals surface area contributed by atoms with E-state index in [9.17, 15) is 4.57 Å². The first-order valence-electron chi connectivity index (χ1n) is 6.61. The predicted molar refractivity (Wildman–Crippen MR) is 87.4 cm³/mol. The Morgan fingerprint density at radius 2 is 1.80 bits per heavy atom. The summed E-state index contributed by atoms with van der Waals surface area (Å²) in [6.07, 6.45) is 0.427. The third-order valence-electron chi connectivity index (χ3n) is 3.03. The molecule has 0 amide bonds. The minimum Gasteiger partial charge on any atom is -0.431 e. The summed E-state index contributed by atoms with van der Waals surface area (Å²) in [7, 11) is -2.91. The van der Waals surface area contributed by atoms with Gasteiger partial charge in [-0.3, -0.25) is 4.57 Å². The van der Waals surface area contributed by atoms with Crippen molar-refractivity contribution in [3.63, 3.8) is 0 Å². The summed E-state index contributed by atoms with van der Waals surface area (Å²) in [6.45, 7) is 7.10. The zero-order chi connectivity index (χ0) is 15.2. The number of rotatable bonds is 7. The molecule has 1 rings (SSSR count). The van der Waals surface area contributed by atoms with E-state index in [1.165, 1.54) is 5.54 Å². The van der Waals surface area contributed by atoms with Crippen LogP contribution in [0.4, 0.5) is 0 Å². The highest BCUT2D eigenvalue weighted by molar-refractivity contribution is 7.56. The van der Waals surface area contributed by atoms with Crippen LogP contribution in [-0.4, -0.2) is 23.9 Å². The lowest BCUT2D eigenvalue weighted by Crippen LogP contribution is -2.22. The zero-order valence-corrected chi connectivity index (χ0v) is 14.4. The zero-order valence-electron chi connectivity index (χ0n) is 12.0. The second-order valence-corrected chi connectivity index (χ2v) is 7.47. The summed E-state index contributed by atoms with van der Waals surface area (Å²) < 4.78 is 20.5. The summed E-state index contributed by atoms with van der Waals surface area (Å²) >= 11 is 11.7. The van der Waals surface area contributed by atoms with Crippen molar-refractivity contribution >= 4 is 36.5 Å². The second-order valence-electron chi connectivity index (χ2n) is 4.16. The van der Waals surface area contributed by atoms with Gasteiger partial charge in [0.25, 0.3) is 0 Å². The summed E-state index contributed by atoms with van der Waals surface area (Å²) in [5.41, 5.74) is 2.07. The normalized spacial score (nSPS) is 15.2. The van der Waals surface area contributed by atoms with Crippen LogP contribution in [0.15, 0.2) is 29.8 Å². The van der Waals surface area contributed by atoms with Gasteiger partial charge in [0.1, 0.15) is 5.76 Å². The average molecular weight is 336 g/mol. The molecule has 0 radical (unpaired) electrons. The number of hydrogen-bond acceptors (Lipinski definition) is 2. The topological polar surface area (TPSA) is 29.5 Å². The van der Waals surface area contributed by atoms with Gasteiger partial charge in [0, 0.05) is 35.4 Å². The highest BCUT2D eigenvalue weighted by Crippen LogP contribution is 2.53. The molecule has 1 unspecified atom stereocenters. The van der Waals surface area contributed by atoms with Gasteiger partial charge in [0.05, 0.1) is 0 Å². The number of benzene rings is 1. The first-order chi connectivity index (χ1) is 9.50. The van der Waals surface area contributed by atoms with Crippen LogP contribution in [0.2, 0.25) is 5.02 Å². The van der Waals surface area contributed by atoms with Gasteiger partial charge in [0.15, 0.2) is 0 Å². The molecular formula is C14H20Cl2NO2P. The van der Waals surface area contributed by atoms with Gasteiger partial charge in [-0.05, 0) is 24.3 Å². The fourth-order valence-corrected chi connectivity index (χ4v) is 4.21. The number of hydrogen-bond donors (Lipinski definition) is 0. The smallest absolute Gasteiger partial charge is 0.319 e. The van der Waals surface area contributed by atoms with E-state index < -0.39 is 7.52 Å². The summed E-state index contributed by atoms with van der Waals surface area (Å²) in [5, 5.41) is 0.630. The maximum Gasteiger partial charge on any atom is 0.319 e. The molecule has 0 spiro atoms. The fraction of sp³-hybridized carbons (Fsp3) is 0.429. The molecule has 0 aliphatic rings. The predicted octanol–water partition coefficient (Wildman–Crippen LogP) is 5.45. The van der Waals surface area contributed by atoms with Crippen LogP contribution < -0.4 is 0 Å². The van der Waals surface area contributed by atoms with Gasteiger partial charge in [-0.1, -0.05) is 44.0 Å². The monoisotopic (exact) mass is 335 g/mol. The molecule has 0 aliphatic carbocycles. The van der Waals surface area contributed by atoms with Crippen LogP contribution in [0.5, 0.6) is 0 Å². The van der Waals surface area contributed by atoms with E-state index in [0.717, 1.165) is 5.56 Å². The van der Waals surface area contributed by atoms with E-state index in [2.05, 4.69) is 0 Å². The Labute approximate surface area is 131 Å². The first-order valence-corrected chi connectivity index (χ1v) is 9.18. The molecule has 0 heterocycles. The molecule has 6 heteroatoms. The fourth-order valence-electron chi connectivity index (χ4n) is 1.88. The second kappa shape index (κ2) is 8.09. The molecular weight excluding hydrogens is 316 g/mol. The van der Waals surface area contributed by atoms with Crippen LogP contribution in [0.25, 0.3) is 5.76 Å². The third kappa shape index (κ3) is 4.26. The highest BCUT2D eigenvalue weighted by Gasteiger charge is 2.30. The van der Waals surface area contributed by atoms with E-state index in [4.69, 9.17) is 27.7 Å². The molecule has 20 heavy (non-hydrogen) atoms. The Kier molecular flexibility index (Phi) is 7.11. The van der Waals surface area contributed by atoms with E-state index in [1.54, 1.807) is 24.3 Å². The lowest BCUT2D eigenvalue weighted by molar-refractivity contribution is 0.358. The SMILES string of the molecule is CCN(CC)P(=O)(CC)OC(=CCl)c1ccc(Cl)cc1. The third-order valence-corrected chi connectivity index (χ3v) is 6.19. The molecule has 0 saturated heterocycles. The molecule has 0 N–H and O–H groups in total. The summed E-state index contributed by atoms with van der Waals surface area (Å²) in [4.78, 5) is 0. The summed E-state index contributed by atoms with van der Waals surface area (Å²) in [5.74, 6) is 0.403. The van der Waals surface area contributed by atoms with Crippen molar-refractivity contribution in [2.45, 2.75) is 20.8 Å². The maximum atomic E-state index is 12.9. The Morgan fingerprint density at radius 1 is 1.25 bits per heavy atom. The Bertz CT molecular complexity index is 498. The molecule has 1 aromatic carbocycles. The van der Waals surface area contributed by atoms with Gasteiger partial charge in [-0.25, -0.2) is 4.67 Å². The number of halogens is 2. The van der Waals surface area contributed by atoms with Gasteiger partial charge < -0.3 is 4.52 Å². The van der Waals surface area contributed by atoms with Crippen LogP contribution in [-0.2, 0) is 9.09 Å².